The summed E-state index contributed by atoms with van der Waals surface area (Å²) in [6, 6.07) is 7.44. The van der Waals surface area contributed by atoms with E-state index < -0.39 is 10.6 Å². The Kier molecular flexibility index (Phi) is 4.68. The molecule has 1 aromatic carbocycles. The lowest BCUT2D eigenvalue weighted by Gasteiger charge is -2.45. The van der Waals surface area contributed by atoms with E-state index in [9.17, 15) is 8.78 Å². The van der Waals surface area contributed by atoms with Crippen molar-refractivity contribution in [1.82, 2.24) is 14.7 Å². The van der Waals surface area contributed by atoms with Crippen LogP contribution < -0.4 is 4.74 Å². The molecule has 1 saturated heterocycles. The van der Waals surface area contributed by atoms with Gasteiger partial charge in [0.1, 0.15) is 22.6 Å². The Hall–Kier alpha value is -2.09. The van der Waals surface area contributed by atoms with Crippen LogP contribution in [0.15, 0.2) is 42.9 Å². The first-order valence-electron chi connectivity index (χ1n) is 9.57. The van der Waals surface area contributed by atoms with Gasteiger partial charge in [-0.15, -0.1) is 0 Å². The molecular weight excluding hydrogens is 444 g/mol. The lowest BCUT2D eigenvalue weighted by molar-refractivity contribution is -0.0411. The van der Waals surface area contributed by atoms with Crippen molar-refractivity contribution < 1.29 is 18.3 Å². The summed E-state index contributed by atoms with van der Waals surface area (Å²) in [6.45, 7) is 11.3. The second-order valence-corrected chi connectivity index (χ2v) is 9.45. The summed E-state index contributed by atoms with van der Waals surface area (Å²) in [4.78, 5) is -1.19. The van der Waals surface area contributed by atoms with Gasteiger partial charge in [-0.05, 0) is 39.5 Å². The van der Waals surface area contributed by atoms with Gasteiger partial charge in [0.25, 0.3) is 0 Å². The van der Waals surface area contributed by atoms with Crippen LogP contribution >= 0.6 is 15.9 Å². The third-order valence-electron chi connectivity index (χ3n) is 5.26. The molecule has 1 aromatic heterocycles. The van der Waals surface area contributed by atoms with E-state index in [4.69, 9.17) is 9.47 Å². The highest BCUT2D eigenvalue weighted by Crippen LogP contribution is 2.50. The summed E-state index contributed by atoms with van der Waals surface area (Å²) in [6.07, 6.45) is 2.62. The van der Waals surface area contributed by atoms with Gasteiger partial charge in [-0.1, -0.05) is 12.1 Å². The normalized spacial score (nSPS) is 18.1. The molecule has 1 spiro atoms. The number of aromatic nitrogens is 2. The molecule has 2 aliphatic heterocycles. The molecule has 156 valence electrons. The van der Waals surface area contributed by atoms with Crippen LogP contribution in [0.2, 0.25) is 0 Å². The quantitative estimate of drug-likeness (QED) is 0.446. The average Bonchev–Trinajstić information content (AvgIpc) is 3.08. The summed E-state index contributed by atoms with van der Waals surface area (Å²) >= 11 is 2.41. The Balaban J connectivity index is 1.66. The van der Waals surface area contributed by atoms with Crippen LogP contribution in [0.25, 0.3) is 11.3 Å². The van der Waals surface area contributed by atoms with Crippen LogP contribution in [-0.2, 0) is 15.3 Å². The second kappa shape index (κ2) is 6.72. The molecule has 0 radical (unpaired) electrons. The smallest absolute Gasteiger partial charge is 0.401 e. The number of alkyl halides is 3. The predicted octanol–water partition coefficient (Wildman–Crippen LogP) is 5.42. The van der Waals surface area contributed by atoms with Gasteiger partial charge in [0.05, 0.1) is 0 Å². The van der Waals surface area contributed by atoms with Gasteiger partial charge in [0.2, 0.25) is 0 Å². The fourth-order valence-corrected chi connectivity index (χ4v) is 4.14. The Bertz CT molecular complexity index is 938. The van der Waals surface area contributed by atoms with Gasteiger partial charge >= 0.3 is 4.96 Å². The number of halogens is 3. The molecule has 4 rings (SSSR count). The Morgan fingerprint density at radius 2 is 1.90 bits per heavy atom. The van der Waals surface area contributed by atoms with E-state index in [1.54, 1.807) is 0 Å². The van der Waals surface area contributed by atoms with Crippen LogP contribution in [0, 0.1) is 0 Å². The van der Waals surface area contributed by atoms with Crippen molar-refractivity contribution in [1.29, 1.82) is 0 Å². The van der Waals surface area contributed by atoms with Crippen LogP contribution in [0.3, 0.4) is 0 Å². The van der Waals surface area contributed by atoms with Gasteiger partial charge in [0.15, 0.2) is 5.88 Å². The van der Waals surface area contributed by atoms with E-state index in [-0.39, 0.29) is 5.60 Å². The SMILES string of the molecule is C=C(OC(C)(C)C)N1CCC2(CC1)Oc1ccccc1-c1nn(C(F)(F)Br)cc12. The zero-order valence-electron chi connectivity index (χ0n) is 16.7. The predicted molar refractivity (Wildman–Crippen MR) is 110 cm³/mol. The first kappa shape index (κ1) is 20.2. The molecule has 3 heterocycles. The zero-order valence-corrected chi connectivity index (χ0v) is 18.3. The molecule has 2 aromatic rings. The number of piperidine rings is 1. The third-order valence-corrected chi connectivity index (χ3v) is 5.62. The summed E-state index contributed by atoms with van der Waals surface area (Å²) in [5.74, 6) is 1.29. The number of likely N-dealkylation sites (tertiary alicyclic amines) is 1. The highest BCUT2D eigenvalue weighted by molar-refractivity contribution is 9.09. The molecule has 0 bridgehead atoms. The van der Waals surface area contributed by atoms with Crippen molar-refractivity contribution in [3.05, 3.63) is 48.5 Å². The molecule has 0 saturated carbocycles. The monoisotopic (exact) mass is 467 g/mol. The first-order valence-corrected chi connectivity index (χ1v) is 10.4. The standard InChI is InChI=1S/C21H24BrF2N3O2/c1-14(28-19(2,3)4)26-11-9-20(10-12-26)16-13-27(21(22,23)24)25-18(16)15-7-5-6-8-17(15)29-20/h5-8,13H,1,9-12H2,2-4H3. The molecule has 29 heavy (non-hydrogen) atoms. The number of rotatable bonds is 3. The molecule has 8 heteroatoms. The maximum Gasteiger partial charge on any atom is 0.401 e. The maximum atomic E-state index is 13.9. The number of ether oxygens (including phenoxy) is 2. The van der Waals surface area contributed by atoms with Crippen molar-refractivity contribution in [2.45, 2.75) is 49.8 Å². The van der Waals surface area contributed by atoms with Crippen molar-refractivity contribution in [2.24, 2.45) is 0 Å². The molecule has 0 amide bonds. The molecule has 0 N–H and O–H groups in total. The van der Waals surface area contributed by atoms with Crippen LogP contribution in [0.5, 0.6) is 5.75 Å². The Labute approximate surface area is 177 Å². The number of hydrogen-bond acceptors (Lipinski definition) is 4. The number of para-hydroxylation sites is 1. The summed E-state index contributed by atoms with van der Waals surface area (Å²) in [5, 5.41) is 4.20. The topological polar surface area (TPSA) is 39.5 Å². The largest absolute Gasteiger partial charge is 0.482 e. The minimum atomic E-state index is -3.27. The molecule has 5 nitrogen and oxygen atoms in total. The van der Waals surface area contributed by atoms with E-state index >= 15 is 0 Å². The van der Waals surface area contributed by atoms with Gasteiger partial charge in [-0.3, -0.25) is 0 Å². The number of hydrogen-bond donors (Lipinski definition) is 0. The lowest BCUT2D eigenvalue weighted by atomic mass is 9.81. The van der Waals surface area contributed by atoms with Gasteiger partial charge in [0, 0.05) is 59.2 Å². The maximum absolute atomic E-state index is 13.9. The first-order chi connectivity index (χ1) is 13.5. The van der Waals surface area contributed by atoms with E-state index in [1.165, 1.54) is 6.20 Å². The number of nitrogens with zero attached hydrogens (tertiary/aromatic N) is 3. The molecule has 1 fully saturated rings. The molecule has 0 atom stereocenters. The highest BCUT2D eigenvalue weighted by atomic mass is 79.9. The summed E-state index contributed by atoms with van der Waals surface area (Å²) in [7, 11) is 0. The van der Waals surface area contributed by atoms with Crippen molar-refractivity contribution in [3.8, 4) is 17.0 Å². The Morgan fingerprint density at radius 3 is 2.52 bits per heavy atom. The summed E-state index contributed by atoms with van der Waals surface area (Å²) in [5.41, 5.74) is 0.925. The van der Waals surface area contributed by atoms with Crippen LogP contribution in [-0.4, -0.2) is 33.4 Å². The van der Waals surface area contributed by atoms with Crippen molar-refractivity contribution in [2.75, 3.05) is 13.1 Å². The van der Waals surface area contributed by atoms with Gasteiger partial charge in [-0.2, -0.15) is 18.6 Å². The Morgan fingerprint density at radius 1 is 1.24 bits per heavy atom. The van der Waals surface area contributed by atoms with E-state index in [0.717, 1.165) is 5.56 Å². The summed E-state index contributed by atoms with van der Waals surface area (Å²) < 4.78 is 40.9. The third kappa shape index (κ3) is 3.74. The van der Waals surface area contributed by atoms with Crippen molar-refractivity contribution >= 4 is 15.9 Å². The fourth-order valence-electron chi connectivity index (χ4n) is 3.96. The molecule has 2 aliphatic rings. The minimum absolute atomic E-state index is 0.331. The minimum Gasteiger partial charge on any atom is -0.482 e. The zero-order chi connectivity index (χ0) is 21.0. The second-order valence-electron chi connectivity index (χ2n) is 8.49. The lowest BCUT2D eigenvalue weighted by Crippen LogP contribution is -2.47. The van der Waals surface area contributed by atoms with Crippen LogP contribution in [0.1, 0.15) is 39.2 Å². The van der Waals surface area contributed by atoms with E-state index in [1.807, 2.05) is 45.0 Å². The number of benzene rings is 1. The van der Waals surface area contributed by atoms with Crippen LogP contribution in [0.4, 0.5) is 8.78 Å². The molecule has 0 aliphatic carbocycles. The van der Waals surface area contributed by atoms with Gasteiger partial charge in [-0.25, -0.2) is 0 Å². The number of fused-ring (bicyclic) bond motifs is 4. The van der Waals surface area contributed by atoms with Crippen molar-refractivity contribution in [3.63, 3.8) is 0 Å². The van der Waals surface area contributed by atoms with Gasteiger partial charge < -0.3 is 14.4 Å². The fraction of sp³-hybridized carbons (Fsp3) is 0.476. The van der Waals surface area contributed by atoms with E-state index in [2.05, 4.69) is 32.5 Å². The molecule has 0 unspecified atom stereocenters. The molecular formula is C21H24BrF2N3O2. The van der Waals surface area contributed by atoms with E-state index in [0.29, 0.717) is 53.5 Å². The highest BCUT2D eigenvalue weighted by Gasteiger charge is 2.47. The average molecular weight is 468 g/mol.